The van der Waals surface area contributed by atoms with Crippen LogP contribution < -0.4 is 10.2 Å². The summed E-state index contributed by atoms with van der Waals surface area (Å²) >= 11 is 0. The van der Waals surface area contributed by atoms with E-state index >= 15 is 0 Å². The number of allylic oxidation sites excluding steroid dienone is 2. The van der Waals surface area contributed by atoms with Crippen LogP contribution in [0.25, 0.3) is 0 Å². The third-order valence-corrected chi connectivity index (χ3v) is 5.51. The highest BCUT2D eigenvalue weighted by Gasteiger charge is 2.50. The van der Waals surface area contributed by atoms with Crippen molar-refractivity contribution in [1.82, 2.24) is 5.32 Å². The number of carbonyl (C=O) groups is 1. The third kappa shape index (κ3) is 3.62. The summed E-state index contributed by atoms with van der Waals surface area (Å²) < 4.78 is 12.2. The molecule has 1 amide bonds. The van der Waals surface area contributed by atoms with E-state index in [0.717, 1.165) is 41.8 Å². The number of ether oxygens (including phenoxy) is 2. The van der Waals surface area contributed by atoms with Gasteiger partial charge in [0.1, 0.15) is 0 Å². The van der Waals surface area contributed by atoms with Crippen molar-refractivity contribution in [3.63, 3.8) is 0 Å². The van der Waals surface area contributed by atoms with E-state index in [4.69, 9.17) is 15.9 Å². The second kappa shape index (κ2) is 8.28. The van der Waals surface area contributed by atoms with E-state index < -0.39 is 5.79 Å². The highest BCUT2D eigenvalue weighted by atomic mass is 16.7. The van der Waals surface area contributed by atoms with Gasteiger partial charge in [-0.3, -0.25) is 4.79 Å². The summed E-state index contributed by atoms with van der Waals surface area (Å²) in [6, 6.07) is 5.63. The number of nitrogens with zero attached hydrogens (tertiary/aromatic N) is 1. The molecule has 1 saturated heterocycles. The van der Waals surface area contributed by atoms with E-state index in [9.17, 15) is 4.79 Å². The van der Waals surface area contributed by atoms with Crippen molar-refractivity contribution in [2.24, 2.45) is 0 Å². The van der Waals surface area contributed by atoms with Crippen molar-refractivity contribution >= 4 is 11.6 Å². The molecule has 150 valence electrons. The van der Waals surface area contributed by atoms with E-state index in [1.165, 1.54) is 0 Å². The van der Waals surface area contributed by atoms with Crippen molar-refractivity contribution in [3.8, 4) is 12.3 Å². The molecule has 5 nitrogen and oxygen atoms in total. The third-order valence-electron chi connectivity index (χ3n) is 5.51. The number of hydrogen-bond acceptors (Lipinski definition) is 4. The largest absolute Gasteiger partial charge is 0.348 e. The van der Waals surface area contributed by atoms with Crippen LogP contribution >= 0.6 is 0 Å². The van der Waals surface area contributed by atoms with Gasteiger partial charge in [0.05, 0.1) is 24.6 Å². The first kappa shape index (κ1) is 19.5. The van der Waals surface area contributed by atoms with Crippen LogP contribution in [0.15, 0.2) is 54.3 Å². The van der Waals surface area contributed by atoms with Gasteiger partial charge in [-0.25, -0.2) is 0 Å². The average molecular weight is 390 g/mol. The fourth-order valence-corrected chi connectivity index (χ4v) is 4.02. The first-order chi connectivity index (χ1) is 14.2. The Hall–Kier alpha value is -2.81. The minimum Gasteiger partial charge on any atom is -0.348 e. The summed E-state index contributed by atoms with van der Waals surface area (Å²) in [5.74, 6) is 1.52. The Balaban J connectivity index is 1.60. The molecule has 1 N–H and O–H groups in total. The topological polar surface area (TPSA) is 50.8 Å². The van der Waals surface area contributed by atoms with Crippen LogP contribution in [0.2, 0.25) is 0 Å². The molecule has 1 spiro atoms. The summed E-state index contributed by atoms with van der Waals surface area (Å²) in [5.41, 5.74) is 4.19. The lowest BCUT2D eigenvalue weighted by atomic mass is 10.0. The van der Waals surface area contributed by atoms with Crippen LogP contribution in [0, 0.1) is 12.3 Å². The van der Waals surface area contributed by atoms with Crippen molar-refractivity contribution in [2.45, 2.75) is 31.5 Å². The Morgan fingerprint density at radius 3 is 2.86 bits per heavy atom. The monoisotopic (exact) mass is 390 g/mol. The van der Waals surface area contributed by atoms with Crippen LogP contribution in [0.3, 0.4) is 0 Å². The molecule has 5 heteroatoms. The second-order valence-electron chi connectivity index (χ2n) is 7.39. The first-order valence-electron chi connectivity index (χ1n) is 10.1. The van der Waals surface area contributed by atoms with Crippen molar-refractivity contribution in [3.05, 3.63) is 65.4 Å². The zero-order chi connectivity index (χ0) is 20.3. The highest BCUT2D eigenvalue weighted by molar-refractivity contribution is 5.95. The van der Waals surface area contributed by atoms with Crippen molar-refractivity contribution in [2.75, 3.05) is 31.2 Å². The summed E-state index contributed by atoms with van der Waals surface area (Å²) in [7, 11) is 0. The maximum atomic E-state index is 12.8. The molecule has 2 aliphatic heterocycles. The molecule has 1 aliphatic carbocycles. The van der Waals surface area contributed by atoms with Gasteiger partial charge in [-0.1, -0.05) is 24.8 Å². The van der Waals surface area contributed by atoms with E-state index in [2.05, 4.69) is 36.0 Å². The zero-order valence-corrected chi connectivity index (χ0v) is 16.6. The van der Waals surface area contributed by atoms with Gasteiger partial charge < -0.3 is 19.7 Å². The van der Waals surface area contributed by atoms with Crippen LogP contribution in [-0.4, -0.2) is 32.2 Å². The number of fused-ring (bicyclic) bond motifs is 2. The zero-order valence-electron chi connectivity index (χ0n) is 16.6. The minimum atomic E-state index is -1.03. The standard InChI is InChI=1S/C24H26N2O3/c1-3-4-13-26-18(2)24(28-14-8-15-29-24)21-16-20(11-12-22(21)26)23(27)25-17-19-9-6-5-7-10-19/h1,6,9-12,16H,2,4-5,7-8,13-15,17H2,(H,25,27). The van der Waals surface area contributed by atoms with Gasteiger partial charge in [0, 0.05) is 30.6 Å². The van der Waals surface area contributed by atoms with Gasteiger partial charge in [-0.05, 0) is 43.0 Å². The molecule has 0 atom stereocenters. The highest BCUT2D eigenvalue weighted by Crippen LogP contribution is 2.50. The molecule has 4 rings (SSSR count). The summed E-state index contributed by atoms with van der Waals surface area (Å²) in [4.78, 5) is 14.8. The molecule has 29 heavy (non-hydrogen) atoms. The summed E-state index contributed by atoms with van der Waals surface area (Å²) in [5, 5.41) is 3.01. The van der Waals surface area contributed by atoms with Crippen LogP contribution in [0.5, 0.6) is 0 Å². The predicted octanol–water partition coefficient (Wildman–Crippen LogP) is 3.64. The van der Waals surface area contributed by atoms with E-state index in [1.807, 2.05) is 23.1 Å². The lowest BCUT2D eigenvalue weighted by Gasteiger charge is -2.36. The first-order valence-corrected chi connectivity index (χ1v) is 10.1. The van der Waals surface area contributed by atoms with Gasteiger partial charge in [0.2, 0.25) is 5.79 Å². The van der Waals surface area contributed by atoms with Gasteiger partial charge in [-0.2, -0.15) is 0 Å². The Labute approximate surface area is 172 Å². The SMILES string of the molecule is C#CCCN1C(=C)C2(OCCCO2)c2cc(C(=O)NCC3=CCCC=C3)ccc21. The average Bonchev–Trinajstić information content (AvgIpc) is 2.99. The van der Waals surface area contributed by atoms with Gasteiger partial charge in [0.15, 0.2) is 0 Å². The fourth-order valence-electron chi connectivity index (χ4n) is 4.02. The summed E-state index contributed by atoms with van der Waals surface area (Å²) in [6.07, 6.45) is 15.3. The molecule has 0 aromatic heterocycles. The van der Waals surface area contributed by atoms with Crippen LogP contribution in [0.4, 0.5) is 5.69 Å². The number of nitrogens with one attached hydrogen (secondary N) is 1. The number of amides is 1. The maximum absolute atomic E-state index is 12.8. The van der Waals surface area contributed by atoms with Crippen molar-refractivity contribution < 1.29 is 14.3 Å². The quantitative estimate of drug-likeness (QED) is 0.780. The number of rotatable bonds is 5. The molecule has 3 aliphatic rings. The number of terminal acetylenes is 1. The van der Waals surface area contributed by atoms with E-state index in [-0.39, 0.29) is 5.91 Å². The molecule has 1 aromatic carbocycles. The maximum Gasteiger partial charge on any atom is 0.251 e. The number of hydrogen-bond donors (Lipinski definition) is 1. The Bertz CT molecular complexity index is 917. The Morgan fingerprint density at radius 2 is 2.14 bits per heavy atom. The number of anilines is 1. The van der Waals surface area contributed by atoms with E-state index in [0.29, 0.717) is 38.3 Å². The van der Waals surface area contributed by atoms with Gasteiger partial charge >= 0.3 is 0 Å². The molecular weight excluding hydrogens is 364 g/mol. The number of benzene rings is 1. The van der Waals surface area contributed by atoms with Crippen LogP contribution in [0.1, 0.15) is 41.6 Å². The minimum absolute atomic E-state index is 0.119. The molecule has 0 radical (unpaired) electrons. The predicted molar refractivity (Wildman–Crippen MR) is 113 cm³/mol. The Kier molecular flexibility index (Phi) is 5.57. The van der Waals surface area contributed by atoms with Crippen LogP contribution in [-0.2, 0) is 15.3 Å². The van der Waals surface area contributed by atoms with E-state index in [1.54, 1.807) is 0 Å². The second-order valence-corrected chi connectivity index (χ2v) is 7.39. The lowest BCUT2D eigenvalue weighted by molar-refractivity contribution is -0.248. The lowest BCUT2D eigenvalue weighted by Crippen LogP contribution is -2.40. The normalized spacial score (nSPS) is 19.6. The molecule has 2 heterocycles. The fraction of sp³-hybridized carbons (Fsp3) is 0.375. The number of carbonyl (C=O) groups excluding carboxylic acids is 1. The molecule has 0 unspecified atom stereocenters. The Morgan fingerprint density at radius 1 is 1.31 bits per heavy atom. The molecule has 1 fully saturated rings. The molecule has 0 bridgehead atoms. The smallest absolute Gasteiger partial charge is 0.251 e. The van der Waals surface area contributed by atoms with Gasteiger partial charge in [-0.15, -0.1) is 12.3 Å². The summed E-state index contributed by atoms with van der Waals surface area (Å²) in [6.45, 7) is 6.55. The van der Waals surface area contributed by atoms with Crippen molar-refractivity contribution in [1.29, 1.82) is 0 Å². The van der Waals surface area contributed by atoms with Gasteiger partial charge in [0.25, 0.3) is 5.91 Å². The molecular formula is C24H26N2O3. The molecule has 0 saturated carbocycles. The molecule has 1 aromatic rings.